The first kappa shape index (κ1) is 14.4. The van der Waals surface area contributed by atoms with Crippen LogP contribution < -0.4 is 0 Å². The van der Waals surface area contributed by atoms with Gasteiger partial charge in [0.1, 0.15) is 5.82 Å². The van der Waals surface area contributed by atoms with Gasteiger partial charge < -0.3 is 9.30 Å². The Bertz CT molecular complexity index is 548. The molecule has 2 aromatic rings. The van der Waals surface area contributed by atoms with Gasteiger partial charge >= 0.3 is 0 Å². The molecule has 0 fully saturated rings. The number of halogens is 1. The molecule has 0 N–H and O–H groups in total. The van der Waals surface area contributed by atoms with Crippen molar-refractivity contribution in [3.8, 4) is 0 Å². The maximum absolute atomic E-state index is 5.99. The fraction of sp³-hybridized carbons (Fsp3) is 0.533. The van der Waals surface area contributed by atoms with Gasteiger partial charge in [-0.25, -0.2) is 4.98 Å². The highest BCUT2D eigenvalue weighted by Crippen LogP contribution is 2.21. The van der Waals surface area contributed by atoms with Crippen LogP contribution >= 0.6 is 11.6 Å². The number of fused-ring (bicyclic) bond motifs is 1. The molecule has 0 atom stereocenters. The normalized spacial score (nSPS) is 11.6. The van der Waals surface area contributed by atoms with E-state index in [9.17, 15) is 0 Å². The lowest BCUT2D eigenvalue weighted by Crippen LogP contribution is -2.11. The Hall–Kier alpha value is -1.06. The first-order valence-corrected chi connectivity index (χ1v) is 7.25. The number of aryl methyl sites for hydroxylation is 1. The lowest BCUT2D eigenvalue weighted by atomic mass is 10.2. The predicted molar refractivity (Wildman–Crippen MR) is 79.7 cm³/mol. The molecule has 19 heavy (non-hydrogen) atoms. The molecule has 0 bridgehead atoms. The summed E-state index contributed by atoms with van der Waals surface area (Å²) < 4.78 is 7.84. The van der Waals surface area contributed by atoms with Crippen molar-refractivity contribution < 1.29 is 4.74 Å². The van der Waals surface area contributed by atoms with Gasteiger partial charge in [0.05, 0.1) is 23.5 Å². The zero-order valence-corrected chi connectivity index (χ0v) is 12.6. The van der Waals surface area contributed by atoms with Gasteiger partial charge in [-0.15, -0.1) is 11.6 Å². The zero-order valence-electron chi connectivity index (χ0n) is 11.8. The fourth-order valence-corrected chi connectivity index (χ4v) is 2.44. The minimum Gasteiger partial charge on any atom is -0.379 e. The topological polar surface area (TPSA) is 27.1 Å². The molecule has 0 saturated heterocycles. The van der Waals surface area contributed by atoms with Crippen LogP contribution in [0.25, 0.3) is 11.0 Å². The molecule has 0 spiro atoms. The average molecular weight is 281 g/mol. The molecule has 0 unspecified atom stereocenters. The Morgan fingerprint density at radius 2 is 2.16 bits per heavy atom. The van der Waals surface area contributed by atoms with Crippen molar-refractivity contribution in [1.29, 1.82) is 0 Å². The summed E-state index contributed by atoms with van der Waals surface area (Å²) in [5, 5.41) is 0. The van der Waals surface area contributed by atoms with Gasteiger partial charge in [-0.2, -0.15) is 0 Å². The van der Waals surface area contributed by atoms with Crippen molar-refractivity contribution in [3.63, 3.8) is 0 Å². The van der Waals surface area contributed by atoms with Crippen molar-refractivity contribution in [2.24, 2.45) is 5.92 Å². The van der Waals surface area contributed by atoms with Crippen molar-refractivity contribution in [2.75, 3.05) is 13.2 Å². The second-order valence-corrected chi connectivity index (χ2v) is 5.49. The second kappa shape index (κ2) is 6.40. The van der Waals surface area contributed by atoms with Crippen LogP contribution in [-0.4, -0.2) is 22.8 Å². The molecule has 0 aliphatic heterocycles. The molecule has 3 nitrogen and oxygen atoms in total. The fourth-order valence-electron chi connectivity index (χ4n) is 2.23. The Morgan fingerprint density at radius 3 is 2.84 bits per heavy atom. The lowest BCUT2D eigenvalue weighted by Gasteiger charge is -2.11. The van der Waals surface area contributed by atoms with Gasteiger partial charge in [0.15, 0.2) is 0 Å². The summed E-state index contributed by atoms with van der Waals surface area (Å²) in [4.78, 5) is 4.58. The van der Waals surface area contributed by atoms with Crippen LogP contribution in [0, 0.1) is 12.8 Å². The largest absolute Gasteiger partial charge is 0.379 e. The molecule has 0 radical (unpaired) electrons. The quantitative estimate of drug-likeness (QED) is 0.595. The van der Waals surface area contributed by atoms with E-state index in [4.69, 9.17) is 16.3 Å². The van der Waals surface area contributed by atoms with Crippen LogP contribution in [-0.2, 0) is 17.2 Å². The van der Waals surface area contributed by atoms with Crippen LogP contribution in [0.2, 0.25) is 0 Å². The first-order chi connectivity index (χ1) is 9.13. The molecule has 0 aliphatic rings. The molecule has 1 aromatic carbocycles. The standard InChI is InChI=1S/C15H21ClN2O/c1-11(2)10-19-8-7-18-14(9-16)17-13-6-4-5-12(3)15(13)18/h4-6,11H,7-10H2,1-3H3. The second-order valence-electron chi connectivity index (χ2n) is 5.22. The Morgan fingerprint density at radius 1 is 1.37 bits per heavy atom. The van der Waals surface area contributed by atoms with E-state index in [1.807, 2.05) is 12.1 Å². The summed E-state index contributed by atoms with van der Waals surface area (Å²) in [5.74, 6) is 1.91. The number of nitrogens with zero attached hydrogens (tertiary/aromatic N) is 2. The van der Waals surface area contributed by atoms with E-state index < -0.39 is 0 Å². The summed E-state index contributed by atoms with van der Waals surface area (Å²) in [6, 6.07) is 6.17. The number of imidazole rings is 1. The van der Waals surface area contributed by atoms with E-state index in [2.05, 4.69) is 36.4 Å². The van der Waals surface area contributed by atoms with E-state index >= 15 is 0 Å². The SMILES string of the molecule is Cc1cccc2nc(CCl)n(CCOCC(C)C)c12. The molecule has 1 heterocycles. The van der Waals surface area contributed by atoms with Crippen molar-refractivity contribution in [2.45, 2.75) is 33.2 Å². The first-order valence-electron chi connectivity index (χ1n) is 6.72. The molecule has 104 valence electrons. The molecular formula is C15H21ClN2O. The number of ether oxygens (including phenoxy) is 1. The highest BCUT2D eigenvalue weighted by atomic mass is 35.5. The molecule has 1 aromatic heterocycles. The van der Waals surface area contributed by atoms with Gasteiger partial charge in [-0.1, -0.05) is 26.0 Å². The molecule has 0 saturated carbocycles. The third kappa shape index (κ3) is 3.28. The van der Waals surface area contributed by atoms with E-state index in [1.165, 1.54) is 11.1 Å². The number of benzene rings is 1. The van der Waals surface area contributed by atoms with E-state index in [-0.39, 0.29) is 0 Å². The van der Waals surface area contributed by atoms with Crippen LogP contribution in [0.5, 0.6) is 0 Å². The van der Waals surface area contributed by atoms with Crippen LogP contribution in [0.15, 0.2) is 18.2 Å². The van der Waals surface area contributed by atoms with Crippen LogP contribution in [0.1, 0.15) is 25.2 Å². The Balaban J connectivity index is 2.20. The number of alkyl halides is 1. The summed E-state index contributed by atoms with van der Waals surface area (Å²) in [6.07, 6.45) is 0. The monoisotopic (exact) mass is 280 g/mol. The third-order valence-corrected chi connectivity index (χ3v) is 3.32. The van der Waals surface area contributed by atoms with Crippen molar-refractivity contribution >= 4 is 22.6 Å². The van der Waals surface area contributed by atoms with Gasteiger partial charge in [0, 0.05) is 13.2 Å². The minimum atomic E-state index is 0.429. The van der Waals surface area contributed by atoms with E-state index in [1.54, 1.807) is 0 Å². The van der Waals surface area contributed by atoms with Gasteiger partial charge in [0.25, 0.3) is 0 Å². The van der Waals surface area contributed by atoms with E-state index in [0.29, 0.717) is 18.4 Å². The predicted octanol–water partition coefficient (Wildman–Crippen LogP) is 3.76. The average Bonchev–Trinajstić information content (AvgIpc) is 2.74. The number of aromatic nitrogens is 2. The summed E-state index contributed by atoms with van der Waals surface area (Å²) in [5.41, 5.74) is 3.41. The maximum Gasteiger partial charge on any atom is 0.124 e. The maximum atomic E-state index is 5.99. The lowest BCUT2D eigenvalue weighted by molar-refractivity contribution is 0.103. The Labute approximate surface area is 119 Å². The highest BCUT2D eigenvalue weighted by molar-refractivity contribution is 6.16. The number of para-hydroxylation sites is 1. The molecule has 0 amide bonds. The number of hydrogen-bond donors (Lipinski definition) is 0. The van der Waals surface area contributed by atoms with E-state index in [0.717, 1.165) is 24.5 Å². The van der Waals surface area contributed by atoms with Crippen LogP contribution in [0.3, 0.4) is 0 Å². The smallest absolute Gasteiger partial charge is 0.124 e. The summed E-state index contributed by atoms with van der Waals surface area (Å²) >= 11 is 5.99. The van der Waals surface area contributed by atoms with Gasteiger partial charge in [-0.3, -0.25) is 0 Å². The minimum absolute atomic E-state index is 0.429. The number of rotatable bonds is 6. The zero-order chi connectivity index (χ0) is 13.8. The molecule has 0 aliphatic carbocycles. The molecule has 4 heteroatoms. The summed E-state index contributed by atoms with van der Waals surface area (Å²) in [6.45, 7) is 8.70. The van der Waals surface area contributed by atoms with Crippen molar-refractivity contribution in [3.05, 3.63) is 29.6 Å². The number of hydrogen-bond acceptors (Lipinski definition) is 2. The van der Waals surface area contributed by atoms with Crippen LogP contribution in [0.4, 0.5) is 0 Å². The van der Waals surface area contributed by atoms with Gasteiger partial charge in [0.2, 0.25) is 0 Å². The third-order valence-electron chi connectivity index (χ3n) is 3.08. The van der Waals surface area contributed by atoms with Crippen molar-refractivity contribution in [1.82, 2.24) is 9.55 Å². The highest BCUT2D eigenvalue weighted by Gasteiger charge is 2.11. The molecule has 2 rings (SSSR count). The van der Waals surface area contributed by atoms with Gasteiger partial charge in [-0.05, 0) is 24.5 Å². The summed E-state index contributed by atoms with van der Waals surface area (Å²) in [7, 11) is 0. The molecular weight excluding hydrogens is 260 g/mol. The Kier molecular flexibility index (Phi) is 4.83.